The summed E-state index contributed by atoms with van der Waals surface area (Å²) < 4.78 is 7.64. The zero-order valence-electron chi connectivity index (χ0n) is 7.16. The minimum absolute atomic E-state index is 0.0747. The zero-order chi connectivity index (χ0) is 8.18. The number of nitrogens with zero attached hydrogens (tertiary/aromatic N) is 2. The van der Waals surface area contributed by atoms with Gasteiger partial charge in [0, 0.05) is 13.2 Å². The maximum Gasteiger partial charge on any atom is 0.136 e. The average molecular weight is 164 g/mol. The van der Waals surface area contributed by atoms with E-state index in [9.17, 15) is 0 Å². The Balaban J connectivity index is 2.04. The summed E-state index contributed by atoms with van der Waals surface area (Å²) in [7, 11) is 1.99. The molecule has 1 saturated heterocycles. The number of fused-ring (bicyclic) bond motifs is 1. The summed E-state index contributed by atoms with van der Waals surface area (Å²) in [5.41, 5.74) is 1.33. The Kier molecular flexibility index (Phi) is 1.06. The van der Waals surface area contributed by atoms with Gasteiger partial charge in [-0.2, -0.15) is 5.10 Å². The molecule has 1 aliphatic carbocycles. The molecular weight excluding hydrogens is 152 g/mol. The lowest BCUT2D eigenvalue weighted by Gasteiger charge is -2.07. The quantitative estimate of drug-likeness (QED) is 0.584. The third kappa shape index (κ3) is 0.630. The van der Waals surface area contributed by atoms with Crippen molar-refractivity contribution in [2.45, 2.75) is 31.0 Å². The topological polar surface area (TPSA) is 30.4 Å². The van der Waals surface area contributed by atoms with Crippen LogP contribution in [0.25, 0.3) is 0 Å². The minimum Gasteiger partial charge on any atom is -0.359 e. The van der Waals surface area contributed by atoms with E-state index in [1.807, 2.05) is 17.9 Å². The summed E-state index contributed by atoms with van der Waals surface area (Å²) in [6.07, 6.45) is 6.05. The summed E-state index contributed by atoms with van der Waals surface area (Å²) in [5.74, 6) is 0. The number of rotatable bonds is 1. The fourth-order valence-electron chi connectivity index (χ4n) is 2.42. The molecule has 1 saturated carbocycles. The molecule has 0 bridgehead atoms. The Labute approximate surface area is 71.3 Å². The molecule has 1 aromatic rings. The van der Waals surface area contributed by atoms with Gasteiger partial charge in [0.15, 0.2) is 0 Å². The molecule has 0 radical (unpaired) electrons. The maximum atomic E-state index is 5.70. The van der Waals surface area contributed by atoms with Gasteiger partial charge in [0.1, 0.15) is 5.60 Å². The van der Waals surface area contributed by atoms with Crippen LogP contribution in [0.3, 0.4) is 0 Å². The van der Waals surface area contributed by atoms with E-state index in [0.717, 1.165) is 0 Å². The second-order valence-corrected chi connectivity index (χ2v) is 3.73. The lowest BCUT2D eigenvalue weighted by atomic mass is 10.0. The van der Waals surface area contributed by atoms with E-state index in [4.69, 9.17) is 4.74 Å². The maximum absolute atomic E-state index is 5.70. The Morgan fingerprint density at radius 1 is 1.75 bits per heavy atom. The summed E-state index contributed by atoms with van der Waals surface area (Å²) in [4.78, 5) is 0. The van der Waals surface area contributed by atoms with Gasteiger partial charge in [-0.05, 0) is 25.3 Å². The van der Waals surface area contributed by atoms with Gasteiger partial charge in [-0.15, -0.1) is 0 Å². The number of aromatic nitrogens is 2. The molecule has 2 aliphatic rings. The summed E-state index contributed by atoms with van der Waals surface area (Å²) in [5, 5.41) is 4.17. The van der Waals surface area contributed by atoms with Crippen molar-refractivity contribution in [1.29, 1.82) is 0 Å². The summed E-state index contributed by atoms with van der Waals surface area (Å²) >= 11 is 0. The van der Waals surface area contributed by atoms with E-state index in [-0.39, 0.29) is 5.60 Å². The monoisotopic (exact) mass is 164 g/mol. The molecule has 0 N–H and O–H groups in total. The highest BCUT2D eigenvalue weighted by Gasteiger charge is 2.61. The van der Waals surface area contributed by atoms with Crippen LogP contribution in [-0.2, 0) is 17.4 Å². The van der Waals surface area contributed by atoms with Gasteiger partial charge in [0.05, 0.1) is 11.8 Å². The van der Waals surface area contributed by atoms with E-state index in [2.05, 4.69) is 11.2 Å². The standard InChI is InChI=1S/C9H12N2O/c1-11-7(4-6-10-11)9-5-2-3-8(9)12-9/h4,6,8H,2-3,5H2,1H3. The first-order chi connectivity index (χ1) is 5.83. The Hall–Kier alpha value is -0.830. The van der Waals surface area contributed by atoms with Crippen LogP contribution >= 0.6 is 0 Å². The minimum atomic E-state index is 0.0747. The highest BCUT2D eigenvalue weighted by Crippen LogP contribution is 2.56. The second kappa shape index (κ2) is 1.91. The molecule has 1 aromatic heterocycles. The lowest BCUT2D eigenvalue weighted by Crippen LogP contribution is -2.12. The predicted octanol–water partition coefficient (Wildman–Crippen LogP) is 1.20. The molecule has 0 aromatic carbocycles. The highest BCUT2D eigenvalue weighted by atomic mass is 16.6. The summed E-state index contributed by atoms with van der Waals surface area (Å²) in [6, 6.07) is 2.07. The van der Waals surface area contributed by atoms with Gasteiger partial charge in [-0.25, -0.2) is 0 Å². The fraction of sp³-hybridized carbons (Fsp3) is 0.667. The fourth-order valence-corrected chi connectivity index (χ4v) is 2.42. The van der Waals surface area contributed by atoms with Crippen LogP contribution in [0.2, 0.25) is 0 Å². The van der Waals surface area contributed by atoms with E-state index < -0.39 is 0 Å². The van der Waals surface area contributed by atoms with Crippen LogP contribution in [0.1, 0.15) is 25.0 Å². The third-order valence-electron chi connectivity index (χ3n) is 3.08. The zero-order valence-corrected chi connectivity index (χ0v) is 7.16. The van der Waals surface area contributed by atoms with Gasteiger partial charge in [0.2, 0.25) is 0 Å². The molecule has 2 unspecified atom stereocenters. The van der Waals surface area contributed by atoms with Gasteiger partial charge in [-0.1, -0.05) is 0 Å². The van der Waals surface area contributed by atoms with Crippen LogP contribution < -0.4 is 0 Å². The van der Waals surface area contributed by atoms with E-state index in [1.54, 1.807) is 0 Å². The second-order valence-electron chi connectivity index (χ2n) is 3.73. The van der Waals surface area contributed by atoms with Crippen LogP contribution in [0.4, 0.5) is 0 Å². The Morgan fingerprint density at radius 3 is 3.17 bits per heavy atom. The van der Waals surface area contributed by atoms with Crippen LogP contribution in [0, 0.1) is 0 Å². The lowest BCUT2D eigenvalue weighted by molar-refractivity contribution is 0.245. The van der Waals surface area contributed by atoms with Gasteiger partial charge < -0.3 is 4.74 Å². The highest BCUT2D eigenvalue weighted by molar-refractivity contribution is 5.24. The van der Waals surface area contributed by atoms with E-state index in [1.165, 1.54) is 25.0 Å². The van der Waals surface area contributed by atoms with Crippen molar-refractivity contribution in [3.8, 4) is 0 Å². The molecule has 2 fully saturated rings. The van der Waals surface area contributed by atoms with Crippen molar-refractivity contribution in [3.63, 3.8) is 0 Å². The molecular formula is C9H12N2O. The van der Waals surface area contributed by atoms with Gasteiger partial charge in [0.25, 0.3) is 0 Å². The average Bonchev–Trinajstić information content (AvgIpc) is 2.49. The van der Waals surface area contributed by atoms with E-state index in [0.29, 0.717) is 6.10 Å². The molecule has 2 atom stereocenters. The first-order valence-electron chi connectivity index (χ1n) is 4.49. The predicted molar refractivity (Wildman–Crippen MR) is 43.6 cm³/mol. The Morgan fingerprint density at radius 2 is 2.67 bits per heavy atom. The Bertz CT molecular complexity index is 320. The van der Waals surface area contributed by atoms with Crippen molar-refractivity contribution in [3.05, 3.63) is 18.0 Å². The molecule has 2 heterocycles. The van der Waals surface area contributed by atoms with Crippen LogP contribution in [0.15, 0.2) is 12.3 Å². The number of aryl methyl sites for hydroxylation is 1. The smallest absolute Gasteiger partial charge is 0.136 e. The number of hydrogen-bond acceptors (Lipinski definition) is 2. The molecule has 0 amide bonds. The molecule has 64 valence electrons. The molecule has 3 heteroatoms. The third-order valence-corrected chi connectivity index (χ3v) is 3.08. The van der Waals surface area contributed by atoms with Crippen LogP contribution in [-0.4, -0.2) is 15.9 Å². The SMILES string of the molecule is Cn1nccc1C12CCCC1O2. The molecule has 3 nitrogen and oxygen atoms in total. The normalized spacial score (nSPS) is 38.2. The summed E-state index contributed by atoms with van der Waals surface area (Å²) in [6.45, 7) is 0. The number of hydrogen-bond donors (Lipinski definition) is 0. The molecule has 3 rings (SSSR count). The molecule has 12 heavy (non-hydrogen) atoms. The van der Waals surface area contributed by atoms with Gasteiger partial charge >= 0.3 is 0 Å². The van der Waals surface area contributed by atoms with Crippen molar-refractivity contribution in [2.75, 3.05) is 0 Å². The molecule has 0 spiro atoms. The van der Waals surface area contributed by atoms with Crippen molar-refractivity contribution >= 4 is 0 Å². The molecule has 1 aliphatic heterocycles. The van der Waals surface area contributed by atoms with Crippen molar-refractivity contribution in [1.82, 2.24) is 9.78 Å². The first kappa shape index (κ1) is 6.66. The van der Waals surface area contributed by atoms with E-state index >= 15 is 0 Å². The number of ether oxygens (including phenoxy) is 1. The van der Waals surface area contributed by atoms with Crippen molar-refractivity contribution in [2.24, 2.45) is 7.05 Å². The first-order valence-corrected chi connectivity index (χ1v) is 4.49. The number of epoxide rings is 1. The van der Waals surface area contributed by atoms with Crippen molar-refractivity contribution < 1.29 is 4.74 Å². The largest absolute Gasteiger partial charge is 0.359 e. The van der Waals surface area contributed by atoms with Gasteiger partial charge in [-0.3, -0.25) is 4.68 Å². The van der Waals surface area contributed by atoms with Crippen LogP contribution in [0.5, 0.6) is 0 Å².